The van der Waals surface area contributed by atoms with E-state index in [1.165, 1.54) is 6.26 Å². The number of halogens is 2. The van der Waals surface area contributed by atoms with Crippen molar-refractivity contribution in [1.82, 2.24) is 14.5 Å². The van der Waals surface area contributed by atoms with Gasteiger partial charge in [-0.25, -0.2) is 21.9 Å². The van der Waals surface area contributed by atoms with Gasteiger partial charge < -0.3 is 4.42 Å². The molecular weight excluding hydrogens is 364 g/mol. The molecule has 138 valence electrons. The SMILES string of the molecule is Cc1cc(C)n(C(CNS(=O)(=O)c2ccc(F)cc2F)c2ccco2)n1. The van der Waals surface area contributed by atoms with Crippen molar-refractivity contribution in [3.63, 3.8) is 0 Å². The van der Waals surface area contributed by atoms with Crippen LogP contribution in [-0.4, -0.2) is 24.7 Å². The van der Waals surface area contributed by atoms with Gasteiger partial charge in [0.05, 0.1) is 12.0 Å². The summed E-state index contributed by atoms with van der Waals surface area (Å²) in [6, 6.07) is 6.98. The van der Waals surface area contributed by atoms with Gasteiger partial charge in [-0.2, -0.15) is 5.10 Å². The Kier molecular flexibility index (Phi) is 4.92. The van der Waals surface area contributed by atoms with Crippen molar-refractivity contribution in [2.24, 2.45) is 0 Å². The third-order valence-electron chi connectivity index (χ3n) is 3.86. The summed E-state index contributed by atoms with van der Waals surface area (Å²) in [4.78, 5) is -0.620. The highest BCUT2D eigenvalue weighted by Crippen LogP contribution is 2.22. The number of sulfonamides is 1. The second-order valence-corrected chi connectivity index (χ2v) is 7.56. The Morgan fingerprint density at radius 2 is 2.00 bits per heavy atom. The van der Waals surface area contributed by atoms with E-state index >= 15 is 0 Å². The molecule has 0 bridgehead atoms. The number of hydrogen-bond acceptors (Lipinski definition) is 4. The van der Waals surface area contributed by atoms with E-state index in [0.29, 0.717) is 11.8 Å². The van der Waals surface area contributed by atoms with Gasteiger partial charge in [-0.1, -0.05) is 0 Å². The average Bonchev–Trinajstić information content (AvgIpc) is 3.18. The Morgan fingerprint density at radius 1 is 1.23 bits per heavy atom. The molecule has 0 aliphatic heterocycles. The van der Waals surface area contributed by atoms with Crippen LogP contribution in [0.3, 0.4) is 0 Å². The molecule has 0 saturated carbocycles. The van der Waals surface area contributed by atoms with Crippen molar-refractivity contribution in [3.8, 4) is 0 Å². The first kappa shape index (κ1) is 18.3. The minimum atomic E-state index is -4.18. The molecule has 3 rings (SSSR count). The van der Waals surface area contributed by atoms with Crippen molar-refractivity contribution < 1.29 is 21.6 Å². The molecule has 0 amide bonds. The Morgan fingerprint density at radius 3 is 2.58 bits per heavy atom. The highest BCUT2D eigenvalue weighted by Gasteiger charge is 2.25. The minimum absolute atomic E-state index is 0.116. The molecule has 0 aliphatic carbocycles. The van der Waals surface area contributed by atoms with E-state index in [0.717, 1.165) is 23.5 Å². The molecule has 2 aromatic heterocycles. The molecule has 0 aliphatic rings. The van der Waals surface area contributed by atoms with Gasteiger partial charge >= 0.3 is 0 Å². The van der Waals surface area contributed by atoms with Gasteiger partial charge in [-0.05, 0) is 44.2 Å². The fourth-order valence-electron chi connectivity index (χ4n) is 2.71. The lowest BCUT2D eigenvalue weighted by Gasteiger charge is -2.18. The molecule has 1 aromatic carbocycles. The van der Waals surface area contributed by atoms with E-state index in [1.54, 1.807) is 16.8 Å². The van der Waals surface area contributed by atoms with Gasteiger partial charge in [0.1, 0.15) is 28.3 Å². The average molecular weight is 381 g/mol. The summed E-state index contributed by atoms with van der Waals surface area (Å²) in [5.74, 6) is -1.51. The van der Waals surface area contributed by atoms with E-state index in [-0.39, 0.29) is 6.54 Å². The molecular formula is C17H17F2N3O3S. The number of rotatable bonds is 6. The number of aryl methyl sites for hydroxylation is 2. The molecule has 1 unspecified atom stereocenters. The highest BCUT2D eigenvalue weighted by atomic mass is 32.2. The van der Waals surface area contributed by atoms with E-state index in [2.05, 4.69) is 9.82 Å². The van der Waals surface area contributed by atoms with E-state index in [9.17, 15) is 17.2 Å². The summed E-state index contributed by atoms with van der Waals surface area (Å²) >= 11 is 0. The molecule has 6 nitrogen and oxygen atoms in total. The molecule has 0 spiro atoms. The van der Waals surface area contributed by atoms with Crippen LogP contribution >= 0.6 is 0 Å². The first-order chi connectivity index (χ1) is 12.3. The van der Waals surface area contributed by atoms with Gasteiger partial charge in [0.15, 0.2) is 0 Å². The van der Waals surface area contributed by atoms with Crippen LogP contribution < -0.4 is 4.72 Å². The molecule has 0 fully saturated rings. The van der Waals surface area contributed by atoms with E-state index < -0.39 is 32.6 Å². The lowest BCUT2D eigenvalue weighted by molar-refractivity contribution is 0.396. The summed E-state index contributed by atoms with van der Waals surface area (Å²) in [6.45, 7) is 3.54. The summed E-state index contributed by atoms with van der Waals surface area (Å²) in [6.07, 6.45) is 1.47. The maximum absolute atomic E-state index is 13.8. The second kappa shape index (κ2) is 7.00. The summed E-state index contributed by atoms with van der Waals surface area (Å²) in [5, 5.41) is 4.37. The lowest BCUT2D eigenvalue weighted by atomic mass is 10.2. The largest absolute Gasteiger partial charge is 0.467 e. The lowest BCUT2D eigenvalue weighted by Crippen LogP contribution is -2.32. The molecule has 2 heterocycles. The third kappa shape index (κ3) is 3.68. The maximum atomic E-state index is 13.8. The molecule has 26 heavy (non-hydrogen) atoms. The fraction of sp³-hybridized carbons (Fsp3) is 0.235. The number of furan rings is 1. The van der Waals surface area contributed by atoms with Crippen LogP contribution in [0.1, 0.15) is 23.2 Å². The number of aromatic nitrogens is 2. The van der Waals surface area contributed by atoms with E-state index in [1.807, 2.05) is 19.9 Å². The summed E-state index contributed by atoms with van der Waals surface area (Å²) < 4.78 is 61.1. The standard InChI is InChI=1S/C17H17F2N3O3S/c1-11-8-12(2)22(21-11)15(16-4-3-7-25-16)10-20-26(23,24)17-6-5-13(18)9-14(17)19/h3-9,15,20H,10H2,1-2H3. The van der Waals surface area contributed by atoms with Crippen LogP contribution in [0.15, 0.2) is 52.0 Å². The smallest absolute Gasteiger partial charge is 0.243 e. The van der Waals surface area contributed by atoms with Crippen LogP contribution in [0.2, 0.25) is 0 Å². The quantitative estimate of drug-likeness (QED) is 0.712. The van der Waals surface area contributed by atoms with Gasteiger partial charge in [0.2, 0.25) is 10.0 Å². The van der Waals surface area contributed by atoms with Crippen LogP contribution in [0.4, 0.5) is 8.78 Å². The topological polar surface area (TPSA) is 77.1 Å². The molecule has 3 aromatic rings. The molecule has 1 N–H and O–H groups in total. The zero-order valence-electron chi connectivity index (χ0n) is 14.1. The Balaban J connectivity index is 1.89. The van der Waals surface area contributed by atoms with Crippen molar-refractivity contribution in [2.75, 3.05) is 6.54 Å². The molecule has 1 atom stereocenters. The number of hydrogen-bond donors (Lipinski definition) is 1. The fourth-order valence-corrected chi connectivity index (χ4v) is 3.81. The van der Waals surface area contributed by atoms with Gasteiger partial charge in [0.25, 0.3) is 0 Å². The van der Waals surface area contributed by atoms with Crippen molar-refractivity contribution in [3.05, 3.63) is 71.4 Å². The second-order valence-electron chi connectivity index (χ2n) is 5.83. The van der Waals surface area contributed by atoms with E-state index in [4.69, 9.17) is 4.42 Å². The van der Waals surface area contributed by atoms with Crippen LogP contribution in [0, 0.1) is 25.5 Å². The number of nitrogens with one attached hydrogen (secondary N) is 1. The molecule has 0 radical (unpaired) electrons. The zero-order valence-corrected chi connectivity index (χ0v) is 14.9. The zero-order chi connectivity index (χ0) is 18.9. The Hall–Kier alpha value is -2.52. The maximum Gasteiger partial charge on any atom is 0.243 e. The van der Waals surface area contributed by atoms with Gasteiger partial charge in [-0.15, -0.1) is 0 Å². The Bertz CT molecular complexity index is 1010. The van der Waals surface area contributed by atoms with Crippen LogP contribution in [0.5, 0.6) is 0 Å². The first-order valence-electron chi connectivity index (χ1n) is 7.79. The normalized spacial score (nSPS) is 13.1. The predicted molar refractivity (Wildman–Crippen MR) is 90.1 cm³/mol. The highest BCUT2D eigenvalue weighted by molar-refractivity contribution is 7.89. The number of benzene rings is 1. The summed E-state index contributed by atoms with van der Waals surface area (Å²) in [7, 11) is -4.18. The monoisotopic (exact) mass is 381 g/mol. The summed E-state index contributed by atoms with van der Waals surface area (Å²) in [5.41, 5.74) is 1.59. The van der Waals surface area contributed by atoms with Crippen molar-refractivity contribution in [1.29, 1.82) is 0 Å². The first-order valence-corrected chi connectivity index (χ1v) is 9.27. The van der Waals surface area contributed by atoms with Crippen LogP contribution in [0.25, 0.3) is 0 Å². The Labute approximate surface area is 149 Å². The molecule has 0 saturated heterocycles. The van der Waals surface area contributed by atoms with Crippen molar-refractivity contribution >= 4 is 10.0 Å². The number of nitrogens with zero attached hydrogens (tertiary/aromatic N) is 2. The third-order valence-corrected chi connectivity index (χ3v) is 5.32. The predicted octanol–water partition coefficient (Wildman–Crippen LogP) is 2.94. The molecule has 9 heteroatoms. The van der Waals surface area contributed by atoms with Gasteiger partial charge in [0, 0.05) is 18.3 Å². The van der Waals surface area contributed by atoms with Crippen LogP contribution in [-0.2, 0) is 10.0 Å². The van der Waals surface area contributed by atoms with Gasteiger partial charge in [-0.3, -0.25) is 4.68 Å². The van der Waals surface area contributed by atoms with Crippen molar-refractivity contribution in [2.45, 2.75) is 24.8 Å². The minimum Gasteiger partial charge on any atom is -0.467 e.